The predicted octanol–water partition coefficient (Wildman–Crippen LogP) is 4.23. The molecule has 1 fully saturated rings. The van der Waals surface area contributed by atoms with Crippen molar-refractivity contribution in [2.45, 2.75) is 32.0 Å². The zero-order chi connectivity index (χ0) is 18.5. The first kappa shape index (κ1) is 18.4. The highest BCUT2D eigenvalue weighted by atomic mass is 35.5. The third-order valence-corrected chi connectivity index (χ3v) is 4.66. The molecule has 3 rings (SSSR count). The van der Waals surface area contributed by atoms with Crippen LogP contribution < -0.4 is 14.8 Å². The molecule has 1 N–H and O–H groups in total. The molecule has 1 aliphatic rings. The van der Waals surface area contributed by atoms with E-state index >= 15 is 0 Å². The summed E-state index contributed by atoms with van der Waals surface area (Å²) in [6, 6.07) is 13.5. The fraction of sp³-hybridized carbons (Fsp3) is 0.350. The van der Waals surface area contributed by atoms with E-state index in [1.54, 1.807) is 14.2 Å². The van der Waals surface area contributed by atoms with Crippen LogP contribution in [0.5, 0.6) is 11.5 Å². The fourth-order valence-corrected chi connectivity index (χ4v) is 2.94. The summed E-state index contributed by atoms with van der Waals surface area (Å²) >= 11 is 5.94. The number of halogens is 1. The highest BCUT2D eigenvalue weighted by Crippen LogP contribution is 2.29. The Morgan fingerprint density at radius 2 is 1.73 bits per heavy atom. The minimum absolute atomic E-state index is 0.0581. The highest BCUT2D eigenvalue weighted by molar-refractivity contribution is 6.30. The molecule has 2 aromatic rings. The van der Waals surface area contributed by atoms with Crippen molar-refractivity contribution in [2.24, 2.45) is 0 Å². The second kappa shape index (κ2) is 8.32. The van der Waals surface area contributed by atoms with Gasteiger partial charge in [0, 0.05) is 24.2 Å². The van der Waals surface area contributed by atoms with Crippen LogP contribution in [0.1, 0.15) is 24.0 Å². The first-order valence-corrected chi connectivity index (χ1v) is 8.98. The molecule has 138 valence electrons. The van der Waals surface area contributed by atoms with Gasteiger partial charge in [-0.2, -0.15) is 0 Å². The lowest BCUT2D eigenvalue weighted by Gasteiger charge is -2.23. The highest BCUT2D eigenvalue weighted by Gasteiger charge is 2.32. The molecule has 0 atom stereocenters. The predicted molar refractivity (Wildman–Crippen MR) is 102 cm³/mol. The van der Waals surface area contributed by atoms with Crippen molar-refractivity contribution in [3.05, 3.63) is 58.6 Å². The number of ether oxygens (including phenoxy) is 2. The van der Waals surface area contributed by atoms with Gasteiger partial charge in [0.15, 0.2) is 11.5 Å². The van der Waals surface area contributed by atoms with Crippen LogP contribution >= 0.6 is 11.6 Å². The van der Waals surface area contributed by atoms with E-state index in [1.165, 1.54) is 0 Å². The van der Waals surface area contributed by atoms with Gasteiger partial charge in [-0.3, -0.25) is 0 Å². The van der Waals surface area contributed by atoms with Crippen LogP contribution in [0, 0.1) is 0 Å². The number of rotatable bonds is 7. The van der Waals surface area contributed by atoms with Crippen molar-refractivity contribution in [2.75, 3.05) is 14.2 Å². The topological polar surface area (TPSA) is 50.8 Å². The molecule has 2 amide bonds. The van der Waals surface area contributed by atoms with Crippen molar-refractivity contribution in [1.82, 2.24) is 10.2 Å². The quantitative estimate of drug-likeness (QED) is 0.788. The molecule has 0 unspecified atom stereocenters. The van der Waals surface area contributed by atoms with Crippen LogP contribution in [0.3, 0.4) is 0 Å². The fourth-order valence-electron chi connectivity index (χ4n) is 2.81. The second-order valence-electron chi connectivity index (χ2n) is 6.33. The molecule has 1 saturated carbocycles. The maximum atomic E-state index is 12.7. The number of nitrogens with zero attached hydrogens (tertiary/aromatic N) is 1. The lowest BCUT2D eigenvalue weighted by molar-refractivity contribution is 0.191. The number of hydrogen-bond donors (Lipinski definition) is 1. The van der Waals surface area contributed by atoms with Crippen LogP contribution in [0.2, 0.25) is 5.02 Å². The molecule has 26 heavy (non-hydrogen) atoms. The van der Waals surface area contributed by atoms with Crippen molar-refractivity contribution in [1.29, 1.82) is 0 Å². The van der Waals surface area contributed by atoms with Gasteiger partial charge in [-0.1, -0.05) is 29.8 Å². The van der Waals surface area contributed by atoms with Crippen molar-refractivity contribution >= 4 is 17.6 Å². The summed E-state index contributed by atoms with van der Waals surface area (Å²) in [7, 11) is 3.20. The molecule has 0 heterocycles. The van der Waals surface area contributed by atoms with Gasteiger partial charge in [-0.25, -0.2) is 4.79 Å². The van der Waals surface area contributed by atoms with Crippen molar-refractivity contribution in [3.8, 4) is 11.5 Å². The number of methoxy groups -OCH3 is 2. The Morgan fingerprint density at radius 1 is 1.08 bits per heavy atom. The largest absolute Gasteiger partial charge is 0.493 e. The first-order chi connectivity index (χ1) is 12.6. The van der Waals surface area contributed by atoms with E-state index in [-0.39, 0.29) is 6.03 Å². The monoisotopic (exact) mass is 374 g/mol. The van der Waals surface area contributed by atoms with Gasteiger partial charge in [0.05, 0.1) is 14.2 Å². The van der Waals surface area contributed by atoms with Crippen molar-refractivity contribution < 1.29 is 14.3 Å². The number of carbonyl (C=O) groups is 1. The van der Waals surface area contributed by atoms with Gasteiger partial charge in [0.25, 0.3) is 0 Å². The maximum absolute atomic E-state index is 12.7. The zero-order valence-corrected chi connectivity index (χ0v) is 15.8. The third kappa shape index (κ3) is 4.61. The van der Waals surface area contributed by atoms with Gasteiger partial charge >= 0.3 is 6.03 Å². The van der Waals surface area contributed by atoms with Gasteiger partial charge in [0.1, 0.15) is 0 Å². The number of urea groups is 1. The van der Waals surface area contributed by atoms with Crippen LogP contribution in [0.25, 0.3) is 0 Å². The minimum atomic E-state index is -0.0581. The lowest BCUT2D eigenvalue weighted by atomic mass is 10.2. The molecule has 0 saturated heterocycles. The lowest BCUT2D eigenvalue weighted by Crippen LogP contribution is -2.40. The molecule has 2 aromatic carbocycles. The van der Waals surface area contributed by atoms with Crippen molar-refractivity contribution in [3.63, 3.8) is 0 Å². The molecular weight excluding hydrogens is 352 g/mol. The molecular formula is C20H23ClN2O3. The molecule has 0 aliphatic heterocycles. The summed E-state index contributed by atoms with van der Waals surface area (Å²) in [4.78, 5) is 14.6. The average Bonchev–Trinajstić information content (AvgIpc) is 3.50. The van der Waals surface area contributed by atoms with E-state index < -0.39 is 0 Å². The third-order valence-electron chi connectivity index (χ3n) is 4.41. The molecule has 0 radical (unpaired) electrons. The summed E-state index contributed by atoms with van der Waals surface area (Å²) in [5, 5.41) is 3.70. The number of nitrogens with one attached hydrogen (secondary N) is 1. The van der Waals surface area contributed by atoms with Gasteiger partial charge in [-0.05, 0) is 48.2 Å². The van der Waals surface area contributed by atoms with E-state index in [1.807, 2.05) is 47.4 Å². The summed E-state index contributed by atoms with van der Waals surface area (Å²) < 4.78 is 10.5. The number of carbonyl (C=O) groups excluding carboxylic acids is 1. The van der Waals surface area contributed by atoms with Gasteiger partial charge in [0.2, 0.25) is 0 Å². The standard InChI is InChI=1S/C20H23ClN2O3/c1-25-18-10-5-15(11-19(18)26-2)12-22-20(24)23(17-8-9-17)13-14-3-6-16(21)7-4-14/h3-7,10-11,17H,8-9,12-13H2,1-2H3,(H,22,24). The summed E-state index contributed by atoms with van der Waals surface area (Å²) in [6.45, 7) is 1.02. The number of hydrogen-bond acceptors (Lipinski definition) is 3. The summed E-state index contributed by atoms with van der Waals surface area (Å²) in [5.74, 6) is 1.32. The Balaban J connectivity index is 1.62. The molecule has 6 heteroatoms. The second-order valence-corrected chi connectivity index (χ2v) is 6.77. The molecule has 0 bridgehead atoms. The van der Waals surface area contributed by atoms with Crippen LogP contribution in [-0.2, 0) is 13.1 Å². The Kier molecular flexibility index (Phi) is 5.89. The van der Waals surface area contributed by atoms with Crippen LogP contribution in [-0.4, -0.2) is 31.2 Å². The number of benzene rings is 2. The van der Waals surface area contributed by atoms with Gasteiger partial charge < -0.3 is 19.7 Å². The van der Waals surface area contributed by atoms with E-state index in [4.69, 9.17) is 21.1 Å². The average molecular weight is 375 g/mol. The summed E-state index contributed by atoms with van der Waals surface area (Å²) in [6.07, 6.45) is 2.11. The molecule has 1 aliphatic carbocycles. The van der Waals surface area contributed by atoms with E-state index in [2.05, 4.69) is 5.32 Å². The van der Waals surface area contributed by atoms with E-state index in [0.717, 1.165) is 24.0 Å². The maximum Gasteiger partial charge on any atom is 0.318 e. The normalized spacial score (nSPS) is 13.2. The Morgan fingerprint density at radius 3 is 2.35 bits per heavy atom. The Hall–Kier alpha value is -2.40. The van der Waals surface area contributed by atoms with Gasteiger partial charge in [-0.15, -0.1) is 0 Å². The Bertz CT molecular complexity index is 760. The van der Waals surface area contributed by atoms with Crippen LogP contribution in [0.4, 0.5) is 4.79 Å². The van der Waals surface area contributed by atoms with Crippen LogP contribution in [0.15, 0.2) is 42.5 Å². The van der Waals surface area contributed by atoms with E-state index in [0.29, 0.717) is 35.7 Å². The van der Waals surface area contributed by atoms with E-state index in [9.17, 15) is 4.79 Å². The zero-order valence-electron chi connectivity index (χ0n) is 15.0. The number of amides is 2. The smallest absolute Gasteiger partial charge is 0.318 e. The minimum Gasteiger partial charge on any atom is -0.493 e. The Labute approximate surface area is 158 Å². The first-order valence-electron chi connectivity index (χ1n) is 8.60. The SMILES string of the molecule is COc1ccc(CNC(=O)N(Cc2ccc(Cl)cc2)C2CC2)cc1OC. The molecule has 0 aromatic heterocycles. The molecule has 0 spiro atoms. The summed E-state index contributed by atoms with van der Waals surface area (Å²) in [5.41, 5.74) is 2.03. The molecule has 5 nitrogen and oxygen atoms in total.